The molecule has 0 aromatic carbocycles. The van der Waals surface area contributed by atoms with Gasteiger partial charge in [0.1, 0.15) is 0 Å². The van der Waals surface area contributed by atoms with Crippen LogP contribution >= 0.6 is 0 Å². The van der Waals surface area contributed by atoms with Crippen molar-refractivity contribution in [3.63, 3.8) is 0 Å². The molecule has 0 amide bonds. The van der Waals surface area contributed by atoms with Crippen LogP contribution in [-0.4, -0.2) is 56.4 Å². The van der Waals surface area contributed by atoms with Crippen LogP contribution < -0.4 is 0 Å². The van der Waals surface area contributed by atoms with E-state index in [1.54, 1.807) is 0 Å². The van der Waals surface area contributed by atoms with E-state index in [1.165, 1.54) is 70.6 Å². The summed E-state index contributed by atoms with van der Waals surface area (Å²) in [6, 6.07) is 0. The molecule has 25 heavy (non-hydrogen) atoms. The highest BCUT2D eigenvalue weighted by Crippen LogP contribution is 2.13. The van der Waals surface area contributed by atoms with Gasteiger partial charge in [-0.25, -0.2) is 0 Å². The van der Waals surface area contributed by atoms with Crippen LogP contribution in [0.25, 0.3) is 0 Å². The zero-order valence-corrected chi connectivity index (χ0v) is 17.6. The van der Waals surface area contributed by atoms with E-state index in [2.05, 4.69) is 64.5 Å². The van der Waals surface area contributed by atoms with Gasteiger partial charge < -0.3 is 14.2 Å². The maximum Gasteiger partial charge on any atom is 0.290 e. The van der Waals surface area contributed by atoms with Crippen molar-refractivity contribution in [3.05, 3.63) is 0 Å². The van der Waals surface area contributed by atoms with Crippen molar-refractivity contribution in [2.45, 2.75) is 98.3 Å². The molecule has 0 bridgehead atoms. The second-order valence-corrected chi connectivity index (χ2v) is 7.89. The maximum atomic E-state index is 2.43. The Balaban J connectivity index is 2.42. The molecule has 3 radical (unpaired) electrons. The lowest BCUT2D eigenvalue weighted by Crippen LogP contribution is -2.62. The summed E-state index contributed by atoms with van der Waals surface area (Å²) < 4.78 is 7.27. The lowest BCUT2D eigenvalue weighted by Gasteiger charge is -2.41. The molecule has 1 aliphatic heterocycles. The van der Waals surface area contributed by atoms with Gasteiger partial charge in [0.25, 0.3) is 22.6 Å². The van der Waals surface area contributed by atoms with E-state index in [4.69, 9.17) is 0 Å². The SMILES string of the molecule is CCCCCCN1[B]N(CCCCCC)[B]N(CC(C)CCCC)[B]1. The molecular formula is C19H41B3N3. The summed E-state index contributed by atoms with van der Waals surface area (Å²) >= 11 is 0. The highest BCUT2D eigenvalue weighted by Gasteiger charge is 2.28. The third-order valence-corrected chi connectivity index (χ3v) is 5.00. The van der Waals surface area contributed by atoms with E-state index in [0.717, 1.165) is 25.6 Å². The molecule has 1 aliphatic rings. The van der Waals surface area contributed by atoms with Crippen LogP contribution in [0.4, 0.5) is 0 Å². The number of unbranched alkanes of at least 4 members (excludes halogenated alkanes) is 7. The average molecular weight is 344 g/mol. The molecule has 1 rings (SSSR count). The molecule has 0 aliphatic carbocycles. The summed E-state index contributed by atoms with van der Waals surface area (Å²) in [5.41, 5.74) is 0. The van der Waals surface area contributed by atoms with Crippen molar-refractivity contribution in [2.24, 2.45) is 5.92 Å². The average Bonchev–Trinajstić information content (AvgIpc) is 2.60. The molecule has 0 aromatic heterocycles. The van der Waals surface area contributed by atoms with Gasteiger partial charge in [-0.05, 0) is 44.8 Å². The zero-order valence-electron chi connectivity index (χ0n) is 17.6. The molecular weight excluding hydrogens is 303 g/mol. The van der Waals surface area contributed by atoms with Gasteiger partial charge in [0.05, 0.1) is 0 Å². The second-order valence-electron chi connectivity index (χ2n) is 7.89. The quantitative estimate of drug-likeness (QED) is 0.320. The van der Waals surface area contributed by atoms with E-state index in [0.29, 0.717) is 0 Å². The fourth-order valence-electron chi connectivity index (χ4n) is 3.43. The van der Waals surface area contributed by atoms with Crippen molar-refractivity contribution in [1.29, 1.82) is 0 Å². The Morgan fingerprint density at radius 2 is 1.08 bits per heavy atom. The summed E-state index contributed by atoms with van der Waals surface area (Å²) in [6.07, 6.45) is 14.6. The minimum absolute atomic E-state index is 0.759. The van der Waals surface area contributed by atoms with E-state index >= 15 is 0 Å². The Hall–Kier alpha value is 0.0748. The van der Waals surface area contributed by atoms with E-state index in [9.17, 15) is 0 Å². The third-order valence-electron chi connectivity index (χ3n) is 5.00. The topological polar surface area (TPSA) is 9.72 Å². The zero-order chi connectivity index (χ0) is 18.3. The largest absolute Gasteiger partial charge is 0.365 e. The Bertz CT molecular complexity index is 288. The predicted molar refractivity (Wildman–Crippen MR) is 114 cm³/mol. The van der Waals surface area contributed by atoms with E-state index < -0.39 is 0 Å². The van der Waals surface area contributed by atoms with Crippen molar-refractivity contribution in [1.82, 2.24) is 14.2 Å². The first kappa shape index (κ1) is 23.1. The number of rotatable bonds is 15. The standard InChI is InChI=1S/C19H41B3N3/c1-5-8-11-13-16-23-20-24(17-14-12-9-6-2)22-25(21-23)18-19(4)15-10-7-3/h19H,5-18H2,1-4H3. The summed E-state index contributed by atoms with van der Waals surface area (Å²) in [5.74, 6) is 0.759. The Kier molecular flexibility index (Phi) is 14.0. The molecule has 1 atom stereocenters. The molecule has 0 spiro atoms. The van der Waals surface area contributed by atoms with Gasteiger partial charge in [-0.2, -0.15) is 0 Å². The fourth-order valence-corrected chi connectivity index (χ4v) is 3.43. The van der Waals surface area contributed by atoms with E-state index in [1.807, 2.05) is 0 Å². The Morgan fingerprint density at radius 1 is 0.600 bits per heavy atom. The molecule has 1 heterocycles. The summed E-state index contributed by atoms with van der Waals surface area (Å²) in [6.45, 7) is 12.7. The lowest BCUT2D eigenvalue weighted by atomic mass is 9.72. The van der Waals surface area contributed by atoms with Crippen LogP contribution in [0.2, 0.25) is 0 Å². The molecule has 6 heteroatoms. The van der Waals surface area contributed by atoms with Gasteiger partial charge >= 0.3 is 0 Å². The van der Waals surface area contributed by atoms with Gasteiger partial charge in [0, 0.05) is 0 Å². The lowest BCUT2D eigenvalue weighted by molar-refractivity contribution is 0.395. The fraction of sp³-hybridized carbons (Fsp3) is 1.00. The number of hydrogen-bond donors (Lipinski definition) is 0. The first-order valence-electron chi connectivity index (χ1n) is 11.0. The molecule has 0 aromatic rings. The number of hydrogen-bond acceptors (Lipinski definition) is 3. The van der Waals surface area contributed by atoms with Crippen LogP contribution in [0.15, 0.2) is 0 Å². The van der Waals surface area contributed by atoms with Gasteiger partial charge in [0.15, 0.2) is 0 Å². The minimum atomic E-state index is 0.759. The molecule has 0 N–H and O–H groups in total. The third kappa shape index (κ3) is 11.4. The van der Waals surface area contributed by atoms with E-state index in [-0.39, 0.29) is 0 Å². The van der Waals surface area contributed by atoms with Crippen molar-refractivity contribution >= 4 is 22.6 Å². The molecule has 1 saturated heterocycles. The maximum absolute atomic E-state index is 2.43. The molecule has 3 nitrogen and oxygen atoms in total. The number of nitrogens with zero attached hydrogens (tertiary/aromatic N) is 3. The van der Waals surface area contributed by atoms with Gasteiger partial charge in [-0.15, -0.1) is 0 Å². The minimum Gasteiger partial charge on any atom is -0.365 e. The monoisotopic (exact) mass is 344 g/mol. The smallest absolute Gasteiger partial charge is 0.290 e. The van der Waals surface area contributed by atoms with Crippen LogP contribution in [0, 0.1) is 5.92 Å². The Labute approximate surface area is 161 Å². The Morgan fingerprint density at radius 3 is 1.56 bits per heavy atom. The highest BCUT2D eigenvalue weighted by atomic mass is 15.3. The summed E-state index contributed by atoms with van der Waals surface area (Å²) in [5, 5.41) is 0. The van der Waals surface area contributed by atoms with Crippen molar-refractivity contribution < 1.29 is 0 Å². The van der Waals surface area contributed by atoms with Crippen LogP contribution in [-0.2, 0) is 0 Å². The molecule has 141 valence electrons. The van der Waals surface area contributed by atoms with Gasteiger partial charge in [0.2, 0.25) is 0 Å². The molecule has 1 unspecified atom stereocenters. The molecule has 0 saturated carbocycles. The first-order valence-corrected chi connectivity index (χ1v) is 11.0. The second kappa shape index (κ2) is 15.2. The van der Waals surface area contributed by atoms with Crippen LogP contribution in [0.3, 0.4) is 0 Å². The van der Waals surface area contributed by atoms with Gasteiger partial charge in [-0.3, -0.25) is 0 Å². The van der Waals surface area contributed by atoms with Crippen LogP contribution in [0.5, 0.6) is 0 Å². The van der Waals surface area contributed by atoms with Gasteiger partial charge in [-0.1, -0.05) is 79.1 Å². The normalized spacial score (nSPS) is 17.8. The summed E-state index contributed by atoms with van der Waals surface area (Å²) in [7, 11) is 6.99. The van der Waals surface area contributed by atoms with Crippen molar-refractivity contribution in [2.75, 3.05) is 19.6 Å². The molecule has 1 fully saturated rings. The van der Waals surface area contributed by atoms with Crippen LogP contribution in [0.1, 0.15) is 98.3 Å². The predicted octanol–water partition coefficient (Wildman–Crippen LogP) is 4.50. The summed E-state index contributed by atoms with van der Waals surface area (Å²) in [4.78, 5) is 0. The first-order chi connectivity index (χ1) is 12.2. The highest BCUT2D eigenvalue weighted by molar-refractivity contribution is 6.64. The van der Waals surface area contributed by atoms with Crippen molar-refractivity contribution in [3.8, 4) is 0 Å².